The van der Waals surface area contributed by atoms with Crippen LogP contribution in [0, 0.1) is 13.8 Å². The molecule has 4 heterocycles. The average molecular weight is 611 g/mol. The maximum atomic E-state index is 13.6. The van der Waals surface area contributed by atoms with Crippen LogP contribution in [-0.4, -0.2) is 51.7 Å². The number of furan rings is 1. The van der Waals surface area contributed by atoms with E-state index in [1.807, 2.05) is 19.1 Å². The van der Waals surface area contributed by atoms with E-state index in [1.54, 1.807) is 12.1 Å². The van der Waals surface area contributed by atoms with Crippen molar-refractivity contribution in [3.63, 3.8) is 0 Å². The number of amides is 2. The molecular formula is C30H28F3N7O4. The van der Waals surface area contributed by atoms with Gasteiger partial charge >= 0.3 is 6.18 Å². The monoisotopic (exact) mass is 610 g/mol. The van der Waals surface area contributed by atoms with E-state index in [0.717, 1.165) is 12.0 Å². The van der Waals surface area contributed by atoms with Gasteiger partial charge in [0, 0.05) is 34.0 Å². The first-order chi connectivity index (χ1) is 22.0. The number of carbonyl (C=O) groups is 2. The van der Waals surface area contributed by atoms with Crippen molar-refractivity contribution in [1.82, 2.24) is 30.7 Å². The Labute approximate surface area is 253 Å². The predicted molar refractivity (Wildman–Crippen MR) is 155 cm³/mol. The summed E-state index contributed by atoms with van der Waals surface area (Å²) in [6, 6.07) is 9.85. The van der Waals surface area contributed by atoms with Crippen molar-refractivity contribution in [2.24, 2.45) is 0 Å². The van der Waals surface area contributed by atoms with Crippen molar-refractivity contribution < 1.29 is 35.8 Å². The second-order valence-electron chi connectivity index (χ2n) is 10.1. The third kappa shape index (κ3) is 6.09. The number of fused-ring (bicyclic) bond motifs is 1. The number of hydrogen-bond acceptors (Lipinski definition) is 9. The van der Waals surface area contributed by atoms with Crippen LogP contribution in [0.3, 0.4) is 0 Å². The lowest BCUT2D eigenvalue weighted by Crippen LogP contribution is -2.42. The van der Waals surface area contributed by atoms with Crippen molar-refractivity contribution in [1.29, 1.82) is 0 Å². The van der Waals surface area contributed by atoms with Crippen LogP contribution in [0.15, 0.2) is 57.9 Å². The largest absolute Gasteiger partial charge is 0.437 e. The fourth-order valence-corrected chi connectivity index (χ4v) is 4.47. The third-order valence-corrected chi connectivity index (χ3v) is 6.72. The Hall–Kier alpha value is -5.27. The van der Waals surface area contributed by atoms with Crippen LogP contribution in [-0.2, 0) is 5.54 Å². The van der Waals surface area contributed by atoms with E-state index in [4.69, 9.17) is 13.1 Å². The number of carbonyl (C=O) groups excluding carboxylic acids is 2. The van der Waals surface area contributed by atoms with E-state index in [9.17, 15) is 22.8 Å². The van der Waals surface area contributed by atoms with E-state index in [2.05, 4.69) is 36.1 Å². The molecule has 4 aromatic heterocycles. The number of anilines is 1. The van der Waals surface area contributed by atoms with Gasteiger partial charge < -0.3 is 24.9 Å². The fraction of sp³-hybridized carbons (Fsp3) is 0.267. The second kappa shape index (κ2) is 11.4. The predicted octanol–water partition coefficient (Wildman–Crippen LogP) is 5.56. The van der Waals surface area contributed by atoms with Crippen LogP contribution >= 0.6 is 0 Å². The first kappa shape index (κ1) is 26.4. The zero-order chi connectivity index (χ0) is 34.3. The lowest BCUT2D eigenvalue weighted by molar-refractivity contribution is -0.115. The molecule has 1 atom stereocenters. The van der Waals surface area contributed by atoms with Gasteiger partial charge in [-0.15, -0.1) is 0 Å². The summed E-state index contributed by atoms with van der Waals surface area (Å²) < 4.78 is 74.8. The van der Waals surface area contributed by atoms with Gasteiger partial charge in [-0.3, -0.25) is 14.6 Å². The summed E-state index contributed by atoms with van der Waals surface area (Å²) in [5.41, 5.74) is -0.331. The number of aryl methyl sites for hydroxylation is 2. The minimum absolute atomic E-state index is 0.0569. The number of nitrogens with zero attached hydrogens (tertiary/aromatic N) is 4. The maximum absolute atomic E-state index is 13.6. The Morgan fingerprint density at radius 2 is 1.80 bits per heavy atom. The van der Waals surface area contributed by atoms with Gasteiger partial charge in [-0.2, -0.15) is 23.1 Å². The van der Waals surface area contributed by atoms with Crippen LogP contribution in [0.5, 0.6) is 0 Å². The quantitative estimate of drug-likeness (QED) is 0.205. The molecule has 0 saturated carbocycles. The Kier molecular flexibility index (Phi) is 6.85. The summed E-state index contributed by atoms with van der Waals surface area (Å²) >= 11 is 0. The summed E-state index contributed by atoms with van der Waals surface area (Å²) in [6.45, 7) is 0.310. The van der Waals surface area contributed by atoms with Crippen molar-refractivity contribution in [3.8, 4) is 22.5 Å². The van der Waals surface area contributed by atoms with E-state index < -0.39 is 36.9 Å². The van der Waals surface area contributed by atoms with Crippen molar-refractivity contribution >= 4 is 28.7 Å². The molecule has 5 rings (SSSR count). The SMILES string of the molecule is [2H]C([2H])([2H])C(C)(NC(=O)c1cc(-c2cc3c(C(=O)NC)c(-c4ccc(C)cc4)oc3nc2NCC(F)(F)F)cnc1C)c1ncon1. The van der Waals surface area contributed by atoms with Crippen LogP contribution in [0.2, 0.25) is 0 Å². The molecule has 0 aliphatic carbocycles. The molecule has 0 spiro atoms. The molecule has 1 aromatic carbocycles. The fourth-order valence-electron chi connectivity index (χ4n) is 4.47. The summed E-state index contributed by atoms with van der Waals surface area (Å²) in [4.78, 5) is 39.1. The molecule has 11 nitrogen and oxygen atoms in total. The molecule has 0 bridgehead atoms. The van der Waals surface area contributed by atoms with E-state index in [0.29, 0.717) is 5.56 Å². The highest BCUT2D eigenvalue weighted by molar-refractivity contribution is 6.11. The van der Waals surface area contributed by atoms with Crippen molar-refractivity contribution in [3.05, 3.63) is 77.2 Å². The molecule has 228 valence electrons. The minimum Gasteiger partial charge on any atom is -0.437 e. The second-order valence-corrected chi connectivity index (χ2v) is 10.1. The smallest absolute Gasteiger partial charge is 0.405 e. The third-order valence-electron chi connectivity index (χ3n) is 6.72. The maximum Gasteiger partial charge on any atom is 0.405 e. The number of aromatic nitrogens is 4. The van der Waals surface area contributed by atoms with Gasteiger partial charge in [0.25, 0.3) is 11.8 Å². The molecule has 0 radical (unpaired) electrons. The van der Waals surface area contributed by atoms with Crippen molar-refractivity contribution in [2.45, 2.75) is 39.3 Å². The molecule has 1 unspecified atom stereocenters. The summed E-state index contributed by atoms with van der Waals surface area (Å²) in [7, 11) is 1.42. The first-order valence-electron chi connectivity index (χ1n) is 14.7. The highest BCUT2D eigenvalue weighted by atomic mass is 19.4. The molecule has 0 saturated heterocycles. The van der Waals surface area contributed by atoms with Crippen LogP contribution in [0.1, 0.15) is 55.7 Å². The molecule has 0 aliphatic heterocycles. The standard InChI is InChI=1S/C30H28F3N7O4/c1-15-6-8-17(9-7-15)23-22(26(42)34-5)21-11-20(24(38-27(21)44-23)36-13-30(31,32)33)18-10-19(16(2)35-12-18)25(41)39-29(3,4)28-37-14-43-40-28/h6-12,14H,13H2,1-5H3,(H,34,42)(H,36,38)(H,39,41)/i3D3. The highest BCUT2D eigenvalue weighted by Gasteiger charge is 2.31. The van der Waals surface area contributed by atoms with Gasteiger partial charge in [0.05, 0.1) is 27.7 Å². The molecule has 0 aliphatic rings. The molecule has 2 amide bonds. The number of benzene rings is 1. The van der Waals surface area contributed by atoms with E-state index in [1.165, 1.54) is 39.2 Å². The number of halogens is 3. The molecule has 44 heavy (non-hydrogen) atoms. The number of pyridine rings is 2. The van der Waals surface area contributed by atoms with Gasteiger partial charge in [0.1, 0.15) is 18.1 Å². The van der Waals surface area contributed by atoms with Crippen LogP contribution in [0.25, 0.3) is 33.6 Å². The zero-order valence-electron chi connectivity index (χ0n) is 26.9. The number of nitrogens with one attached hydrogen (secondary N) is 3. The first-order valence-corrected chi connectivity index (χ1v) is 13.2. The summed E-state index contributed by atoms with van der Waals surface area (Å²) in [5, 5.41) is 11.1. The van der Waals surface area contributed by atoms with E-state index >= 15 is 0 Å². The number of alkyl halides is 3. The lowest BCUT2D eigenvalue weighted by atomic mass is 9.99. The minimum atomic E-state index is -4.62. The Bertz CT molecular complexity index is 1960. The zero-order valence-corrected chi connectivity index (χ0v) is 23.9. The van der Waals surface area contributed by atoms with Crippen molar-refractivity contribution in [2.75, 3.05) is 18.9 Å². The Morgan fingerprint density at radius 3 is 2.43 bits per heavy atom. The normalized spacial score (nSPS) is 14.3. The van der Waals surface area contributed by atoms with Gasteiger partial charge in [0.15, 0.2) is 5.82 Å². The number of rotatable bonds is 8. The Balaban J connectivity index is 1.68. The summed E-state index contributed by atoms with van der Waals surface area (Å²) in [5.74, 6) is -1.82. The average Bonchev–Trinajstić information content (AvgIpc) is 3.68. The summed E-state index contributed by atoms with van der Waals surface area (Å²) in [6.07, 6.45) is -2.38. The number of hydrogen-bond donors (Lipinski definition) is 3. The van der Waals surface area contributed by atoms with Gasteiger partial charge in [-0.25, -0.2) is 0 Å². The van der Waals surface area contributed by atoms with Gasteiger partial charge in [-0.1, -0.05) is 35.0 Å². The van der Waals surface area contributed by atoms with Gasteiger partial charge in [-0.05, 0) is 39.8 Å². The van der Waals surface area contributed by atoms with E-state index in [-0.39, 0.29) is 56.4 Å². The molecule has 3 N–H and O–H groups in total. The topological polar surface area (TPSA) is 148 Å². The van der Waals surface area contributed by atoms with Crippen LogP contribution < -0.4 is 16.0 Å². The lowest BCUT2D eigenvalue weighted by Gasteiger charge is -2.23. The molecule has 14 heteroatoms. The highest BCUT2D eigenvalue weighted by Crippen LogP contribution is 2.38. The molecular weight excluding hydrogens is 579 g/mol. The molecule has 0 fully saturated rings. The molecule has 5 aromatic rings. The van der Waals surface area contributed by atoms with Crippen LogP contribution in [0.4, 0.5) is 19.0 Å². The Morgan fingerprint density at radius 1 is 1.05 bits per heavy atom. The van der Waals surface area contributed by atoms with Gasteiger partial charge in [0.2, 0.25) is 12.1 Å².